The maximum atomic E-state index is 9.13. The summed E-state index contributed by atoms with van der Waals surface area (Å²) in [5, 5.41) is 12.0. The first-order valence-corrected chi connectivity index (χ1v) is 4.07. The number of anilines is 1. The van der Waals surface area contributed by atoms with Crippen molar-refractivity contribution in [3.05, 3.63) is 18.0 Å². The van der Waals surface area contributed by atoms with Crippen LogP contribution < -0.4 is 5.32 Å². The number of rotatable bonds is 1. The average molecular weight is 168 g/mol. The van der Waals surface area contributed by atoms with Crippen molar-refractivity contribution in [2.75, 3.05) is 12.4 Å². The lowest BCUT2D eigenvalue weighted by Crippen LogP contribution is -1.89. The van der Waals surface area contributed by atoms with Crippen LogP contribution in [0.2, 0.25) is 0 Å². The third-order valence-electron chi connectivity index (χ3n) is 1.35. The van der Waals surface area contributed by atoms with E-state index in [1.807, 2.05) is 13.8 Å². The molecule has 0 radical (unpaired) electrons. The van der Waals surface area contributed by atoms with Gasteiger partial charge in [-0.25, -0.2) is 0 Å². The van der Waals surface area contributed by atoms with E-state index in [-0.39, 0.29) is 5.75 Å². The van der Waals surface area contributed by atoms with E-state index in [0.29, 0.717) is 5.69 Å². The minimum absolute atomic E-state index is 0.229. The molecule has 0 spiro atoms. The first kappa shape index (κ1) is 10.8. The third kappa shape index (κ3) is 2.78. The SMILES string of the molecule is CC.CNc1cnc(C)c(O)c1. The molecule has 3 nitrogen and oxygen atoms in total. The van der Waals surface area contributed by atoms with Crippen molar-refractivity contribution in [1.82, 2.24) is 4.98 Å². The quantitative estimate of drug-likeness (QED) is 0.675. The fourth-order valence-corrected chi connectivity index (χ4v) is 0.658. The summed E-state index contributed by atoms with van der Waals surface area (Å²) in [5.74, 6) is 0.229. The molecule has 0 bridgehead atoms. The van der Waals surface area contributed by atoms with Crippen molar-refractivity contribution in [3.8, 4) is 5.75 Å². The van der Waals surface area contributed by atoms with Gasteiger partial charge in [0.15, 0.2) is 0 Å². The average Bonchev–Trinajstić information content (AvgIpc) is 2.13. The van der Waals surface area contributed by atoms with E-state index in [4.69, 9.17) is 5.11 Å². The van der Waals surface area contributed by atoms with Crippen LogP contribution in [0.15, 0.2) is 12.3 Å². The van der Waals surface area contributed by atoms with Gasteiger partial charge < -0.3 is 10.4 Å². The zero-order valence-electron chi connectivity index (χ0n) is 8.05. The van der Waals surface area contributed by atoms with Crippen LogP contribution >= 0.6 is 0 Å². The molecule has 3 heteroatoms. The van der Waals surface area contributed by atoms with E-state index >= 15 is 0 Å². The highest BCUT2D eigenvalue weighted by Gasteiger charge is 1.95. The summed E-state index contributed by atoms with van der Waals surface area (Å²) < 4.78 is 0. The maximum absolute atomic E-state index is 9.13. The molecule has 68 valence electrons. The maximum Gasteiger partial charge on any atom is 0.138 e. The van der Waals surface area contributed by atoms with Crippen molar-refractivity contribution in [3.63, 3.8) is 0 Å². The van der Waals surface area contributed by atoms with Gasteiger partial charge in [0, 0.05) is 13.1 Å². The number of nitrogens with one attached hydrogen (secondary N) is 1. The predicted octanol–water partition coefficient (Wildman–Crippen LogP) is 2.16. The summed E-state index contributed by atoms with van der Waals surface area (Å²) in [5.41, 5.74) is 1.47. The molecule has 1 heterocycles. The lowest BCUT2D eigenvalue weighted by atomic mass is 10.3. The Bertz CT molecular complexity index is 236. The van der Waals surface area contributed by atoms with Crippen molar-refractivity contribution < 1.29 is 5.11 Å². The molecule has 0 saturated carbocycles. The third-order valence-corrected chi connectivity index (χ3v) is 1.35. The van der Waals surface area contributed by atoms with E-state index in [1.54, 1.807) is 26.2 Å². The summed E-state index contributed by atoms with van der Waals surface area (Å²) in [6.07, 6.45) is 1.68. The van der Waals surface area contributed by atoms with Crippen LogP contribution in [0.1, 0.15) is 19.5 Å². The Balaban J connectivity index is 0.000000561. The minimum Gasteiger partial charge on any atom is -0.506 e. The number of pyridine rings is 1. The first-order chi connectivity index (χ1) is 5.74. The second-order valence-electron chi connectivity index (χ2n) is 2.08. The molecule has 1 aromatic heterocycles. The van der Waals surface area contributed by atoms with E-state index in [0.717, 1.165) is 5.69 Å². The number of aromatic nitrogens is 1. The van der Waals surface area contributed by atoms with Crippen LogP contribution in [-0.4, -0.2) is 17.1 Å². The Labute approximate surface area is 73.5 Å². The summed E-state index contributed by atoms with van der Waals surface area (Å²) >= 11 is 0. The molecular formula is C9H16N2O. The zero-order valence-corrected chi connectivity index (χ0v) is 8.05. The van der Waals surface area contributed by atoms with Crippen molar-refractivity contribution >= 4 is 5.69 Å². The lowest BCUT2D eigenvalue weighted by molar-refractivity contribution is 0.468. The standard InChI is InChI=1S/C7H10N2O.C2H6/c1-5-7(10)3-6(8-2)4-9-5;1-2/h3-4,8,10H,1-2H3;1-2H3. The molecule has 1 aromatic rings. The van der Waals surface area contributed by atoms with E-state index in [2.05, 4.69) is 10.3 Å². The molecule has 0 aliphatic rings. The van der Waals surface area contributed by atoms with Gasteiger partial charge in [0.25, 0.3) is 0 Å². The number of hydrogen-bond donors (Lipinski definition) is 2. The van der Waals surface area contributed by atoms with Gasteiger partial charge in [-0.1, -0.05) is 13.8 Å². The molecular weight excluding hydrogens is 152 g/mol. The van der Waals surface area contributed by atoms with Crippen LogP contribution in [0.5, 0.6) is 5.75 Å². The Morgan fingerprint density at radius 2 is 2.00 bits per heavy atom. The normalized spacial score (nSPS) is 8.33. The van der Waals surface area contributed by atoms with Gasteiger partial charge in [-0.15, -0.1) is 0 Å². The summed E-state index contributed by atoms with van der Waals surface area (Å²) in [6, 6.07) is 1.64. The topological polar surface area (TPSA) is 45.2 Å². The van der Waals surface area contributed by atoms with Gasteiger partial charge in [0.2, 0.25) is 0 Å². The summed E-state index contributed by atoms with van der Waals surface area (Å²) in [4.78, 5) is 3.94. The van der Waals surface area contributed by atoms with Gasteiger partial charge in [-0.05, 0) is 6.92 Å². The monoisotopic (exact) mass is 168 g/mol. The second-order valence-corrected chi connectivity index (χ2v) is 2.08. The number of aromatic hydroxyl groups is 1. The smallest absolute Gasteiger partial charge is 0.138 e. The molecule has 0 aliphatic heterocycles. The van der Waals surface area contributed by atoms with Gasteiger partial charge in [-0.3, -0.25) is 4.98 Å². The highest BCUT2D eigenvalue weighted by molar-refractivity contribution is 5.46. The molecule has 0 aromatic carbocycles. The van der Waals surface area contributed by atoms with Crippen LogP contribution in [0, 0.1) is 6.92 Å². The second kappa shape index (κ2) is 5.41. The number of nitrogens with zero attached hydrogens (tertiary/aromatic N) is 1. The van der Waals surface area contributed by atoms with Gasteiger partial charge in [0.1, 0.15) is 5.75 Å². The molecule has 1 rings (SSSR count). The lowest BCUT2D eigenvalue weighted by Gasteiger charge is -2.00. The molecule has 0 saturated heterocycles. The van der Waals surface area contributed by atoms with E-state index in [1.165, 1.54) is 0 Å². The molecule has 2 N–H and O–H groups in total. The highest BCUT2D eigenvalue weighted by atomic mass is 16.3. The number of hydrogen-bond acceptors (Lipinski definition) is 3. The van der Waals surface area contributed by atoms with Gasteiger partial charge in [-0.2, -0.15) is 0 Å². The van der Waals surface area contributed by atoms with Gasteiger partial charge in [0.05, 0.1) is 17.6 Å². The fourth-order valence-electron chi connectivity index (χ4n) is 0.658. The summed E-state index contributed by atoms with van der Waals surface area (Å²) in [7, 11) is 1.78. The molecule has 0 amide bonds. The van der Waals surface area contributed by atoms with E-state index < -0.39 is 0 Å². The Morgan fingerprint density at radius 1 is 1.42 bits per heavy atom. The van der Waals surface area contributed by atoms with Crippen molar-refractivity contribution in [2.24, 2.45) is 0 Å². The Kier molecular flexibility index (Phi) is 4.84. The molecule has 0 atom stereocenters. The summed E-state index contributed by atoms with van der Waals surface area (Å²) in [6.45, 7) is 5.76. The Hall–Kier alpha value is -1.25. The molecule has 0 aliphatic carbocycles. The van der Waals surface area contributed by atoms with Crippen LogP contribution in [0.25, 0.3) is 0 Å². The predicted molar refractivity (Wildman–Crippen MR) is 51.5 cm³/mol. The van der Waals surface area contributed by atoms with Crippen molar-refractivity contribution in [1.29, 1.82) is 0 Å². The zero-order chi connectivity index (χ0) is 9.56. The minimum atomic E-state index is 0.229. The highest BCUT2D eigenvalue weighted by Crippen LogP contribution is 2.16. The number of aryl methyl sites for hydroxylation is 1. The molecule has 0 unspecified atom stereocenters. The largest absolute Gasteiger partial charge is 0.506 e. The molecule has 0 fully saturated rings. The van der Waals surface area contributed by atoms with Crippen LogP contribution in [-0.2, 0) is 0 Å². The molecule has 12 heavy (non-hydrogen) atoms. The first-order valence-electron chi connectivity index (χ1n) is 4.07. The van der Waals surface area contributed by atoms with Crippen LogP contribution in [0.4, 0.5) is 5.69 Å². The fraction of sp³-hybridized carbons (Fsp3) is 0.444. The van der Waals surface area contributed by atoms with Gasteiger partial charge >= 0.3 is 0 Å². The van der Waals surface area contributed by atoms with Crippen LogP contribution in [0.3, 0.4) is 0 Å². The van der Waals surface area contributed by atoms with E-state index in [9.17, 15) is 0 Å². The van der Waals surface area contributed by atoms with Crippen molar-refractivity contribution in [2.45, 2.75) is 20.8 Å². The Morgan fingerprint density at radius 3 is 2.42 bits per heavy atom.